The number of fused-ring (bicyclic) bond motifs is 1. The minimum atomic E-state index is -1.07. The molecule has 7 heteroatoms. The Kier molecular flexibility index (Phi) is 3.58. The second-order valence-corrected chi connectivity index (χ2v) is 6.69. The SMILES string of the molecule is N=C1/C(=C2/Nc3ccccc3S2)CC(=O)N1c1cccc(C(=O)O)c1. The molecule has 0 bridgehead atoms. The lowest BCUT2D eigenvalue weighted by molar-refractivity contribution is -0.116. The van der Waals surface area contributed by atoms with Crippen molar-refractivity contribution in [1.82, 2.24) is 0 Å². The molecular weight excluding hydrogens is 338 g/mol. The Hall–Kier alpha value is -3.06. The van der Waals surface area contributed by atoms with E-state index < -0.39 is 5.97 Å². The molecule has 0 atom stereocenters. The van der Waals surface area contributed by atoms with Crippen LogP contribution in [0.3, 0.4) is 0 Å². The Balaban J connectivity index is 1.69. The van der Waals surface area contributed by atoms with E-state index in [1.807, 2.05) is 24.3 Å². The maximum Gasteiger partial charge on any atom is 0.335 e. The average molecular weight is 351 g/mol. The van der Waals surface area contributed by atoms with Crippen LogP contribution in [0, 0.1) is 5.41 Å². The lowest BCUT2D eigenvalue weighted by Crippen LogP contribution is -2.28. The van der Waals surface area contributed by atoms with Crippen molar-refractivity contribution in [3.63, 3.8) is 0 Å². The zero-order valence-electron chi connectivity index (χ0n) is 12.9. The van der Waals surface area contributed by atoms with Gasteiger partial charge in [-0.1, -0.05) is 30.0 Å². The summed E-state index contributed by atoms with van der Waals surface area (Å²) >= 11 is 1.50. The van der Waals surface area contributed by atoms with Crippen molar-refractivity contribution in [2.45, 2.75) is 11.3 Å². The molecule has 4 rings (SSSR count). The maximum atomic E-state index is 12.5. The van der Waals surface area contributed by atoms with Crippen LogP contribution in [-0.4, -0.2) is 22.8 Å². The fourth-order valence-electron chi connectivity index (χ4n) is 2.87. The van der Waals surface area contributed by atoms with Crippen LogP contribution >= 0.6 is 11.8 Å². The number of aromatic carboxylic acids is 1. The normalized spacial score (nSPS) is 19.1. The molecule has 2 aromatic carbocycles. The van der Waals surface area contributed by atoms with Gasteiger partial charge in [-0.15, -0.1) is 0 Å². The first-order chi connectivity index (χ1) is 12.0. The summed E-state index contributed by atoms with van der Waals surface area (Å²) in [5.41, 5.74) is 2.06. The highest BCUT2D eigenvalue weighted by atomic mass is 32.2. The number of amides is 1. The zero-order valence-corrected chi connectivity index (χ0v) is 13.8. The molecule has 2 aromatic rings. The standard InChI is InChI=1S/C18H13N3O3S/c19-16-12(17-20-13-6-1-2-7-14(13)25-17)9-15(22)21(16)11-5-3-4-10(8-11)18(23)24/h1-8,19-20H,9H2,(H,23,24)/b17-12-,19-16?. The number of carbonyl (C=O) groups is 2. The summed E-state index contributed by atoms with van der Waals surface area (Å²) < 4.78 is 0. The number of para-hydroxylation sites is 1. The molecule has 0 aliphatic carbocycles. The summed E-state index contributed by atoms with van der Waals surface area (Å²) in [6.45, 7) is 0. The molecule has 3 N–H and O–H groups in total. The molecular formula is C18H13N3O3S. The predicted octanol–water partition coefficient (Wildman–Crippen LogP) is 3.53. The summed E-state index contributed by atoms with van der Waals surface area (Å²) in [5.74, 6) is -1.23. The van der Waals surface area contributed by atoms with E-state index in [-0.39, 0.29) is 23.7 Å². The van der Waals surface area contributed by atoms with Gasteiger partial charge in [0.05, 0.1) is 28.4 Å². The van der Waals surface area contributed by atoms with E-state index in [2.05, 4.69) is 5.32 Å². The van der Waals surface area contributed by atoms with Gasteiger partial charge in [0.25, 0.3) is 0 Å². The van der Waals surface area contributed by atoms with E-state index in [0.717, 1.165) is 15.6 Å². The van der Waals surface area contributed by atoms with Gasteiger partial charge >= 0.3 is 5.97 Å². The molecule has 0 aromatic heterocycles. The van der Waals surface area contributed by atoms with E-state index in [0.29, 0.717) is 11.3 Å². The number of hydrogen-bond donors (Lipinski definition) is 3. The number of carbonyl (C=O) groups excluding carboxylic acids is 1. The molecule has 0 spiro atoms. The third-order valence-corrected chi connectivity index (χ3v) is 5.19. The fraction of sp³-hybridized carbons (Fsp3) is 0.0556. The molecule has 1 amide bonds. The fourth-order valence-corrected chi connectivity index (χ4v) is 3.91. The van der Waals surface area contributed by atoms with Gasteiger partial charge in [0.1, 0.15) is 5.84 Å². The van der Waals surface area contributed by atoms with Crippen LogP contribution in [0.5, 0.6) is 0 Å². The number of carboxylic acids is 1. The number of nitrogens with zero attached hydrogens (tertiary/aromatic N) is 1. The number of carboxylic acid groups (broad SMARTS) is 1. The highest BCUT2D eigenvalue weighted by Gasteiger charge is 2.36. The Morgan fingerprint density at radius 2 is 2.00 bits per heavy atom. The number of benzene rings is 2. The van der Waals surface area contributed by atoms with Crippen molar-refractivity contribution in [2.24, 2.45) is 0 Å². The van der Waals surface area contributed by atoms with Gasteiger partial charge in [-0.25, -0.2) is 4.79 Å². The Morgan fingerprint density at radius 3 is 2.76 bits per heavy atom. The second kappa shape index (κ2) is 5.78. The number of rotatable bonds is 2. The number of hydrogen-bond acceptors (Lipinski definition) is 5. The third-order valence-electron chi connectivity index (χ3n) is 4.06. The predicted molar refractivity (Wildman–Crippen MR) is 96.2 cm³/mol. The molecule has 25 heavy (non-hydrogen) atoms. The minimum Gasteiger partial charge on any atom is -0.478 e. The van der Waals surface area contributed by atoms with Crippen LogP contribution < -0.4 is 10.2 Å². The van der Waals surface area contributed by atoms with Gasteiger partial charge in [-0.2, -0.15) is 0 Å². The van der Waals surface area contributed by atoms with Gasteiger partial charge in [0.2, 0.25) is 5.91 Å². The summed E-state index contributed by atoms with van der Waals surface area (Å²) in [6.07, 6.45) is 0.111. The largest absolute Gasteiger partial charge is 0.478 e. The molecule has 1 fully saturated rings. The lowest BCUT2D eigenvalue weighted by Gasteiger charge is -2.16. The van der Waals surface area contributed by atoms with Gasteiger partial charge in [-0.05, 0) is 30.3 Å². The summed E-state index contributed by atoms with van der Waals surface area (Å²) in [6, 6.07) is 13.9. The molecule has 124 valence electrons. The highest BCUT2D eigenvalue weighted by Crippen LogP contribution is 2.44. The molecule has 0 radical (unpaired) electrons. The van der Waals surface area contributed by atoms with E-state index in [9.17, 15) is 9.59 Å². The Bertz CT molecular complexity index is 941. The van der Waals surface area contributed by atoms with Crippen molar-refractivity contribution in [2.75, 3.05) is 10.2 Å². The average Bonchev–Trinajstić information content (AvgIpc) is 3.15. The van der Waals surface area contributed by atoms with E-state index >= 15 is 0 Å². The van der Waals surface area contributed by atoms with Gasteiger partial charge in [0, 0.05) is 10.5 Å². The van der Waals surface area contributed by atoms with Crippen LogP contribution in [0.2, 0.25) is 0 Å². The van der Waals surface area contributed by atoms with E-state index in [4.69, 9.17) is 10.5 Å². The Labute approximate surface area is 147 Å². The van der Waals surface area contributed by atoms with Crippen LogP contribution in [0.1, 0.15) is 16.8 Å². The van der Waals surface area contributed by atoms with Crippen LogP contribution in [-0.2, 0) is 4.79 Å². The zero-order chi connectivity index (χ0) is 17.6. The molecule has 2 aliphatic rings. The third kappa shape index (κ3) is 2.58. The van der Waals surface area contributed by atoms with Gasteiger partial charge in [-0.3, -0.25) is 15.1 Å². The van der Waals surface area contributed by atoms with Crippen molar-refractivity contribution < 1.29 is 14.7 Å². The summed E-state index contributed by atoms with van der Waals surface area (Å²) in [5, 5.41) is 21.6. The first kappa shape index (κ1) is 15.5. The molecule has 1 saturated heterocycles. The van der Waals surface area contributed by atoms with Crippen LogP contribution in [0.4, 0.5) is 11.4 Å². The number of nitrogens with one attached hydrogen (secondary N) is 2. The van der Waals surface area contributed by atoms with Gasteiger partial charge in [0.15, 0.2) is 0 Å². The molecule has 0 unspecified atom stereocenters. The summed E-state index contributed by atoms with van der Waals surface area (Å²) in [7, 11) is 0. The Morgan fingerprint density at radius 1 is 1.20 bits per heavy atom. The molecule has 2 aliphatic heterocycles. The van der Waals surface area contributed by atoms with E-state index in [1.165, 1.54) is 28.8 Å². The molecule has 0 saturated carbocycles. The number of thioether (sulfide) groups is 1. The van der Waals surface area contributed by atoms with Gasteiger partial charge < -0.3 is 10.4 Å². The van der Waals surface area contributed by atoms with Crippen LogP contribution in [0.25, 0.3) is 0 Å². The van der Waals surface area contributed by atoms with Crippen molar-refractivity contribution in [1.29, 1.82) is 5.41 Å². The van der Waals surface area contributed by atoms with Crippen molar-refractivity contribution in [3.05, 3.63) is 64.7 Å². The van der Waals surface area contributed by atoms with Crippen molar-refractivity contribution >= 4 is 40.8 Å². The second-order valence-electron chi connectivity index (χ2n) is 5.64. The monoisotopic (exact) mass is 351 g/mol. The molecule has 6 nitrogen and oxygen atoms in total. The molecule has 2 heterocycles. The smallest absolute Gasteiger partial charge is 0.335 e. The van der Waals surface area contributed by atoms with Crippen molar-refractivity contribution in [3.8, 4) is 0 Å². The number of anilines is 2. The summed E-state index contributed by atoms with van der Waals surface area (Å²) in [4.78, 5) is 25.9. The first-order valence-electron chi connectivity index (χ1n) is 7.57. The number of amidine groups is 1. The highest BCUT2D eigenvalue weighted by molar-refractivity contribution is 8.03. The van der Waals surface area contributed by atoms with E-state index in [1.54, 1.807) is 12.1 Å². The van der Waals surface area contributed by atoms with Crippen LogP contribution in [0.15, 0.2) is 64.0 Å². The lowest BCUT2D eigenvalue weighted by atomic mass is 10.2. The first-order valence-corrected chi connectivity index (χ1v) is 8.38. The quantitative estimate of drug-likeness (QED) is 0.770. The topological polar surface area (TPSA) is 93.5 Å². The minimum absolute atomic E-state index is 0.0790. The maximum absolute atomic E-state index is 12.5.